The van der Waals surface area contributed by atoms with E-state index < -0.39 is 30.6 Å². The molecule has 0 aliphatic carbocycles. The van der Waals surface area contributed by atoms with E-state index in [-0.39, 0.29) is 37.0 Å². The molecule has 0 aromatic carbocycles. The van der Waals surface area contributed by atoms with Crippen LogP contribution in [0.2, 0.25) is 0 Å². The van der Waals surface area contributed by atoms with Gasteiger partial charge in [-0.25, -0.2) is 18.6 Å². The molecule has 0 radical (unpaired) electrons. The minimum Gasteiger partial charge on any atom is -0.475 e. The van der Waals surface area contributed by atoms with Gasteiger partial charge in [0, 0.05) is 25.4 Å². The first kappa shape index (κ1) is 27.6. The Morgan fingerprint density at radius 2 is 2.05 bits per heavy atom. The molecule has 2 aromatic rings. The van der Waals surface area contributed by atoms with E-state index in [4.69, 9.17) is 10.5 Å². The summed E-state index contributed by atoms with van der Waals surface area (Å²) in [6.45, 7) is 3.40. The van der Waals surface area contributed by atoms with E-state index >= 15 is 0 Å². The second-order valence-corrected chi connectivity index (χ2v) is 8.94. The van der Waals surface area contributed by atoms with Crippen molar-refractivity contribution in [3.8, 4) is 11.9 Å². The minimum absolute atomic E-state index is 0.0300. The highest BCUT2D eigenvalue weighted by Gasteiger charge is 2.39. The number of aromatic nitrogens is 3. The van der Waals surface area contributed by atoms with Crippen LogP contribution in [0.25, 0.3) is 0 Å². The fourth-order valence-corrected chi connectivity index (χ4v) is 4.19. The number of hydrogen-bond acceptors (Lipinski definition) is 8. The van der Waals surface area contributed by atoms with Gasteiger partial charge in [0.05, 0.1) is 36.0 Å². The molecule has 0 bridgehead atoms. The summed E-state index contributed by atoms with van der Waals surface area (Å²) in [5.41, 5.74) is 5.43. The van der Waals surface area contributed by atoms with Crippen molar-refractivity contribution in [1.29, 1.82) is 5.26 Å². The number of anilines is 2. The van der Waals surface area contributed by atoms with Crippen molar-refractivity contribution >= 4 is 23.5 Å². The van der Waals surface area contributed by atoms with Crippen LogP contribution in [0.4, 0.5) is 25.1 Å². The van der Waals surface area contributed by atoms with Crippen molar-refractivity contribution in [1.82, 2.24) is 19.7 Å². The summed E-state index contributed by atoms with van der Waals surface area (Å²) >= 11 is 0. The number of nitrogens with one attached hydrogen (secondary N) is 1. The van der Waals surface area contributed by atoms with Crippen LogP contribution >= 0.6 is 0 Å². The van der Waals surface area contributed by atoms with Gasteiger partial charge < -0.3 is 25.4 Å². The summed E-state index contributed by atoms with van der Waals surface area (Å²) < 4.78 is 36.6. The van der Waals surface area contributed by atoms with Gasteiger partial charge in [-0.1, -0.05) is 13.3 Å². The Balaban J connectivity index is 1.77. The lowest BCUT2D eigenvalue weighted by Gasteiger charge is -2.40. The Hall–Kier alpha value is -3.95. The molecule has 1 fully saturated rings. The Labute approximate surface area is 213 Å². The van der Waals surface area contributed by atoms with Crippen molar-refractivity contribution in [2.75, 3.05) is 25.0 Å². The molecule has 0 saturated carbocycles. The van der Waals surface area contributed by atoms with E-state index in [0.29, 0.717) is 24.4 Å². The average Bonchev–Trinajstić information content (AvgIpc) is 3.29. The van der Waals surface area contributed by atoms with Crippen molar-refractivity contribution < 1.29 is 27.8 Å². The normalized spacial score (nSPS) is 15.6. The summed E-state index contributed by atoms with van der Waals surface area (Å²) in [6.07, 6.45) is 2.01. The molecule has 0 spiro atoms. The predicted octanol–water partition coefficient (Wildman–Crippen LogP) is 3.79. The maximum absolute atomic E-state index is 12.4. The Bertz CT molecular complexity index is 1110. The number of nitrogens with two attached hydrogens (primary N) is 1. The molecule has 3 heterocycles. The Kier molecular flexibility index (Phi) is 9.21. The summed E-state index contributed by atoms with van der Waals surface area (Å²) in [4.78, 5) is 29.8. The molecule has 200 valence electrons. The van der Waals surface area contributed by atoms with E-state index in [1.54, 1.807) is 18.3 Å². The van der Waals surface area contributed by atoms with Crippen molar-refractivity contribution in [2.45, 2.75) is 64.0 Å². The smallest absolute Gasteiger partial charge is 0.409 e. The van der Waals surface area contributed by atoms with E-state index in [2.05, 4.69) is 33.1 Å². The van der Waals surface area contributed by atoms with Crippen molar-refractivity contribution in [3.63, 3.8) is 0 Å². The van der Waals surface area contributed by atoms with Gasteiger partial charge in [-0.3, -0.25) is 9.48 Å². The lowest BCUT2D eigenvalue weighted by molar-refractivity contribution is 0.0203. The van der Waals surface area contributed by atoms with Gasteiger partial charge in [-0.2, -0.15) is 10.4 Å². The van der Waals surface area contributed by atoms with Gasteiger partial charge in [-0.15, -0.1) is 0 Å². The van der Waals surface area contributed by atoms with Gasteiger partial charge in [-0.05, 0) is 32.3 Å². The Morgan fingerprint density at radius 1 is 1.32 bits per heavy atom. The number of primary amides is 1. The number of likely N-dealkylation sites (tertiary alicyclic amines) is 1. The number of ether oxygens (including phenoxy) is 2. The fraction of sp³-hybridized carbons (Fsp3) is 0.542. The van der Waals surface area contributed by atoms with Crippen LogP contribution in [0.1, 0.15) is 56.3 Å². The monoisotopic (exact) mass is 519 g/mol. The zero-order valence-corrected chi connectivity index (χ0v) is 20.8. The maximum Gasteiger partial charge on any atom is 0.409 e. The predicted molar refractivity (Wildman–Crippen MR) is 130 cm³/mol. The third-order valence-corrected chi connectivity index (χ3v) is 6.18. The van der Waals surface area contributed by atoms with Crippen LogP contribution in [0.3, 0.4) is 0 Å². The number of nitrogens with zero attached hydrogens (tertiary/aromatic N) is 5. The number of piperidine rings is 1. The largest absolute Gasteiger partial charge is 0.475 e. The summed E-state index contributed by atoms with van der Waals surface area (Å²) in [6, 6.07) is 5.58. The highest BCUT2D eigenvalue weighted by Crippen LogP contribution is 2.35. The SMILES string of the molecule is CCCC(C)Oc1ccc(Nc2nn(C3(CC#N)CCN(C(=O)OCC(F)F)CC3)cc2C(N)=O)cn1. The van der Waals surface area contributed by atoms with E-state index in [1.807, 2.05) is 6.92 Å². The van der Waals surface area contributed by atoms with Crippen LogP contribution in [0.15, 0.2) is 24.5 Å². The number of halogens is 2. The molecule has 1 aliphatic heterocycles. The number of carbonyl (C=O) groups excluding carboxylic acids is 2. The number of alkyl halides is 2. The van der Waals surface area contributed by atoms with E-state index in [1.165, 1.54) is 15.8 Å². The van der Waals surface area contributed by atoms with Crippen LogP contribution < -0.4 is 15.8 Å². The molecule has 3 rings (SSSR count). The average molecular weight is 520 g/mol. The first-order chi connectivity index (χ1) is 17.7. The van der Waals surface area contributed by atoms with E-state index in [0.717, 1.165) is 12.8 Å². The molecule has 1 saturated heterocycles. The standard InChI is InChI=1S/C24H31F2N7O4/c1-3-4-16(2)37-20-6-5-17(13-29-20)30-22-18(21(28)34)14-33(31-22)24(7-10-27)8-11-32(12-9-24)23(35)36-15-19(25)26/h5-6,13-14,16,19H,3-4,7-9,11-12,15H2,1-2H3,(H2,28,34)(H,30,31). The molecule has 13 heteroatoms. The van der Waals surface area contributed by atoms with Crippen molar-refractivity contribution in [3.05, 3.63) is 30.1 Å². The van der Waals surface area contributed by atoms with E-state index in [9.17, 15) is 23.6 Å². The Morgan fingerprint density at radius 3 is 2.62 bits per heavy atom. The first-order valence-corrected chi connectivity index (χ1v) is 12.0. The summed E-state index contributed by atoms with van der Waals surface area (Å²) in [5, 5.41) is 17.1. The van der Waals surface area contributed by atoms with Crippen LogP contribution in [0.5, 0.6) is 5.88 Å². The lowest BCUT2D eigenvalue weighted by atomic mass is 9.85. The summed E-state index contributed by atoms with van der Waals surface area (Å²) in [5.74, 6) is -0.0486. The number of hydrogen-bond donors (Lipinski definition) is 2. The second-order valence-electron chi connectivity index (χ2n) is 8.94. The fourth-order valence-electron chi connectivity index (χ4n) is 4.19. The third-order valence-electron chi connectivity index (χ3n) is 6.18. The number of carbonyl (C=O) groups is 2. The lowest BCUT2D eigenvalue weighted by Crippen LogP contribution is -2.48. The molecule has 1 unspecified atom stereocenters. The first-order valence-electron chi connectivity index (χ1n) is 12.0. The van der Waals surface area contributed by atoms with Crippen LogP contribution in [-0.4, -0.2) is 63.9 Å². The summed E-state index contributed by atoms with van der Waals surface area (Å²) in [7, 11) is 0. The molecule has 3 N–H and O–H groups in total. The molecule has 11 nitrogen and oxygen atoms in total. The molecule has 37 heavy (non-hydrogen) atoms. The van der Waals surface area contributed by atoms with Crippen molar-refractivity contribution in [2.24, 2.45) is 5.73 Å². The second kappa shape index (κ2) is 12.3. The highest BCUT2D eigenvalue weighted by atomic mass is 19.3. The molecular formula is C24H31F2N7O4. The molecule has 1 atom stereocenters. The number of pyridine rings is 1. The number of nitriles is 1. The van der Waals surface area contributed by atoms with Gasteiger partial charge in [0.25, 0.3) is 12.3 Å². The maximum atomic E-state index is 12.4. The molecule has 2 aromatic heterocycles. The topological polar surface area (TPSA) is 148 Å². The van der Waals surface area contributed by atoms with Crippen LogP contribution in [-0.2, 0) is 10.3 Å². The zero-order chi connectivity index (χ0) is 27.0. The zero-order valence-electron chi connectivity index (χ0n) is 20.8. The number of rotatable bonds is 11. The van der Waals surface area contributed by atoms with Gasteiger partial charge in [0.1, 0.15) is 5.56 Å². The quantitative estimate of drug-likeness (QED) is 0.455. The third kappa shape index (κ3) is 7.05. The highest BCUT2D eigenvalue weighted by molar-refractivity contribution is 5.98. The molecular weight excluding hydrogens is 488 g/mol. The van der Waals surface area contributed by atoms with Gasteiger partial charge in [0.15, 0.2) is 12.4 Å². The molecule has 2 amide bonds. The van der Waals surface area contributed by atoms with Gasteiger partial charge in [0.2, 0.25) is 5.88 Å². The number of amides is 2. The molecule has 1 aliphatic rings. The van der Waals surface area contributed by atoms with Crippen LogP contribution in [0, 0.1) is 11.3 Å². The van der Waals surface area contributed by atoms with Gasteiger partial charge >= 0.3 is 6.09 Å². The minimum atomic E-state index is -2.75.